The number of aromatic nitrogens is 1. The van der Waals surface area contributed by atoms with Crippen LogP contribution in [-0.4, -0.2) is 11.6 Å². The summed E-state index contributed by atoms with van der Waals surface area (Å²) in [5.41, 5.74) is 1.01. The van der Waals surface area contributed by atoms with Gasteiger partial charge in [-0.1, -0.05) is 38.5 Å². The van der Waals surface area contributed by atoms with Gasteiger partial charge in [0.1, 0.15) is 5.75 Å². The van der Waals surface area contributed by atoms with E-state index in [2.05, 4.69) is 24.9 Å². The molecule has 2 heteroatoms. The average Bonchev–Trinajstić information content (AvgIpc) is 2.35. The van der Waals surface area contributed by atoms with E-state index < -0.39 is 0 Å². The third kappa shape index (κ3) is 2.51. The summed E-state index contributed by atoms with van der Waals surface area (Å²) in [6.07, 6.45) is 2.94. The molecule has 16 heavy (non-hydrogen) atoms. The number of ether oxygens (including phenoxy) is 1. The molecular weight excluding hydrogens is 198 g/mol. The second-order valence-electron chi connectivity index (χ2n) is 4.19. The molecule has 0 spiro atoms. The van der Waals surface area contributed by atoms with Crippen molar-refractivity contribution in [3.05, 3.63) is 36.5 Å². The van der Waals surface area contributed by atoms with E-state index in [4.69, 9.17) is 4.74 Å². The summed E-state index contributed by atoms with van der Waals surface area (Å²) in [4.78, 5) is 4.36. The molecule has 2 rings (SSSR count). The Kier molecular flexibility index (Phi) is 3.40. The first-order valence-corrected chi connectivity index (χ1v) is 5.77. The number of benzene rings is 1. The minimum absolute atomic E-state index is 0.589. The molecule has 1 aromatic heterocycles. The molecule has 0 aliphatic rings. The molecule has 0 unspecified atom stereocenters. The Hall–Kier alpha value is -1.57. The fraction of sp³-hybridized carbons (Fsp3) is 0.357. The summed E-state index contributed by atoms with van der Waals surface area (Å²) in [6.45, 7) is 5.12. The molecule has 0 fully saturated rings. The Morgan fingerprint density at radius 1 is 1.31 bits per heavy atom. The van der Waals surface area contributed by atoms with Crippen LogP contribution in [0.25, 0.3) is 10.9 Å². The lowest BCUT2D eigenvalue weighted by Crippen LogP contribution is -2.07. The number of hydrogen-bond acceptors (Lipinski definition) is 2. The summed E-state index contributed by atoms with van der Waals surface area (Å²) in [5.74, 6) is 1.45. The van der Waals surface area contributed by atoms with Gasteiger partial charge in [0.05, 0.1) is 18.3 Å². The Morgan fingerprint density at radius 2 is 2.12 bits per heavy atom. The molecule has 1 atom stereocenters. The standard InChI is InChI=1S/C14H17NO/c1-3-11(2)10-16-13-8-12-6-4-5-7-14(12)15-9-13/h4-9,11H,3,10H2,1-2H3/t11-/m0/s1. The first kappa shape index (κ1) is 10.9. The lowest BCUT2D eigenvalue weighted by molar-refractivity contribution is 0.256. The number of nitrogens with zero attached hydrogens (tertiary/aromatic N) is 1. The van der Waals surface area contributed by atoms with Crippen molar-refractivity contribution in [1.29, 1.82) is 0 Å². The smallest absolute Gasteiger partial charge is 0.138 e. The maximum Gasteiger partial charge on any atom is 0.138 e. The molecule has 1 aromatic carbocycles. The maximum atomic E-state index is 5.70. The zero-order valence-electron chi connectivity index (χ0n) is 9.81. The van der Waals surface area contributed by atoms with Gasteiger partial charge in [-0.25, -0.2) is 0 Å². The van der Waals surface area contributed by atoms with Gasteiger partial charge in [-0.05, 0) is 18.1 Å². The van der Waals surface area contributed by atoms with E-state index in [1.54, 1.807) is 6.20 Å². The molecule has 0 amide bonds. The number of fused-ring (bicyclic) bond motifs is 1. The molecule has 0 saturated heterocycles. The predicted octanol–water partition coefficient (Wildman–Crippen LogP) is 3.66. The molecule has 0 saturated carbocycles. The van der Waals surface area contributed by atoms with Crippen LogP contribution in [0, 0.1) is 5.92 Å². The highest BCUT2D eigenvalue weighted by Crippen LogP contribution is 2.18. The van der Waals surface area contributed by atoms with Crippen LogP contribution in [0.15, 0.2) is 36.5 Å². The van der Waals surface area contributed by atoms with Gasteiger partial charge in [-0.2, -0.15) is 0 Å². The highest BCUT2D eigenvalue weighted by atomic mass is 16.5. The minimum Gasteiger partial charge on any atom is -0.492 e. The predicted molar refractivity (Wildman–Crippen MR) is 66.7 cm³/mol. The van der Waals surface area contributed by atoms with Crippen LogP contribution >= 0.6 is 0 Å². The third-order valence-electron chi connectivity index (χ3n) is 2.80. The van der Waals surface area contributed by atoms with E-state index in [1.807, 2.05) is 24.3 Å². The van der Waals surface area contributed by atoms with Crippen molar-refractivity contribution in [3.63, 3.8) is 0 Å². The van der Waals surface area contributed by atoms with E-state index >= 15 is 0 Å². The van der Waals surface area contributed by atoms with Gasteiger partial charge in [0, 0.05) is 5.39 Å². The maximum absolute atomic E-state index is 5.70. The molecule has 0 bridgehead atoms. The summed E-state index contributed by atoms with van der Waals surface area (Å²) < 4.78 is 5.70. The van der Waals surface area contributed by atoms with Gasteiger partial charge < -0.3 is 4.74 Å². The van der Waals surface area contributed by atoms with Gasteiger partial charge in [0.15, 0.2) is 0 Å². The van der Waals surface area contributed by atoms with Crippen LogP contribution in [-0.2, 0) is 0 Å². The Labute approximate surface area is 96.3 Å². The normalized spacial score (nSPS) is 12.6. The minimum atomic E-state index is 0.589. The highest BCUT2D eigenvalue weighted by molar-refractivity contribution is 5.79. The monoisotopic (exact) mass is 215 g/mol. The Bertz CT molecular complexity index is 467. The molecule has 0 N–H and O–H groups in total. The van der Waals surface area contributed by atoms with Crippen LogP contribution in [0.5, 0.6) is 5.75 Å². The number of hydrogen-bond donors (Lipinski definition) is 0. The average molecular weight is 215 g/mol. The van der Waals surface area contributed by atoms with Gasteiger partial charge in [0.25, 0.3) is 0 Å². The number of rotatable bonds is 4. The van der Waals surface area contributed by atoms with Crippen molar-refractivity contribution < 1.29 is 4.74 Å². The van der Waals surface area contributed by atoms with Crippen LogP contribution in [0.1, 0.15) is 20.3 Å². The Balaban J connectivity index is 2.13. The van der Waals surface area contributed by atoms with E-state index in [0.29, 0.717) is 5.92 Å². The van der Waals surface area contributed by atoms with Crippen molar-refractivity contribution in [2.45, 2.75) is 20.3 Å². The lowest BCUT2D eigenvalue weighted by atomic mass is 10.1. The summed E-state index contributed by atoms with van der Waals surface area (Å²) >= 11 is 0. The van der Waals surface area contributed by atoms with Crippen LogP contribution in [0.2, 0.25) is 0 Å². The Morgan fingerprint density at radius 3 is 2.94 bits per heavy atom. The van der Waals surface area contributed by atoms with Gasteiger partial charge >= 0.3 is 0 Å². The molecule has 0 aliphatic heterocycles. The van der Waals surface area contributed by atoms with E-state index in [-0.39, 0.29) is 0 Å². The summed E-state index contributed by atoms with van der Waals surface area (Å²) in [5, 5.41) is 1.13. The molecule has 1 heterocycles. The van der Waals surface area contributed by atoms with Crippen LogP contribution < -0.4 is 4.74 Å². The zero-order chi connectivity index (χ0) is 11.4. The molecule has 84 valence electrons. The van der Waals surface area contributed by atoms with Crippen LogP contribution in [0.3, 0.4) is 0 Å². The molecule has 0 aliphatic carbocycles. The SMILES string of the molecule is CC[C@H](C)COc1cnc2ccccc2c1. The van der Waals surface area contributed by atoms with E-state index in [9.17, 15) is 0 Å². The topological polar surface area (TPSA) is 22.1 Å². The molecule has 2 aromatic rings. The van der Waals surface area contributed by atoms with Crippen molar-refractivity contribution in [1.82, 2.24) is 4.98 Å². The molecule has 0 radical (unpaired) electrons. The largest absolute Gasteiger partial charge is 0.492 e. The first-order valence-electron chi connectivity index (χ1n) is 5.77. The second kappa shape index (κ2) is 4.97. The zero-order valence-corrected chi connectivity index (χ0v) is 9.81. The van der Waals surface area contributed by atoms with Gasteiger partial charge in [-0.3, -0.25) is 4.98 Å². The van der Waals surface area contributed by atoms with Crippen molar-refractivity contribution in [2.24, 2.45) is 5.92 Å². The van der Waals surface area contributed by atoms with E-state index in [1.165, 1.54) is 0 Å². The van der Waals surface area contributed by atoms with Gasteiger partial charge in [0.2, 0.25) is 0 Å². The third-order valence-corrected chi connectivity index (χ3v) is 2.80. The summed E-state index contributed by atoms with van der Waals surface area (Å²) in [6, 6.07) is 10.1. The highest BCUT2D eigenvalue weighted by Gasteiger charge is 2.01. The first-order chi connectivity index (χ1) is 7.79. The van der Waals surface area contributed by atoms with Crippen LogP contribution in [0.4, 0.5) is 0 Å². The van der Waals surface area contributed by atoms with Crippen molar-refractivity contribution in [3.8, 4) is 5.75 Å². The van der Waals surface area contributed by atoms with Crippen molar-refractivity contribution >= 4 is 10.9 Å². The van der Waals surface area contributed by atoms with E-state index in [0.717, 1.165) is 29.7 Å². The second-order valence-corrected chi connectivity index (χ2v) is 4.19. The molecular formula is C14H17NO. The number of para-hydroxylation sites is 1. The fourth-order valence-electron chi connectivity index (χ4n) is 1.49. The fourth-order valence-corrected chi connectivity index (χ4v) is 1.49. The number of pyridine rings is 1. The van der Waals surface area contributed by atoms with Crippen molar-refractivity contribution in [2.75, 3.05) is 6.61 Å². The van der Waals surface area contributed by atoms with Gasteiger partial charge in [-0.15, -0.1) is 0 Å². The molecule has 2 nitrogen and oxygen atoms in total. The summed E-state index contributed by atoms with van der Waals surface area (Å²) in [7, 11) is 0. The quantitative estimate of drug-likeness (QED) is 0.776. The lowest BCUT2D eigenvalue weighted by Gasteiger charge is -2.10.